The number of rotatable bonds is 6. The molecule has 2 saturated heterocycles. The van der Waals surface area contributed by atoms with Gasteiger partial charge in [-0.15, -0.1) is 0 Å². The van der Waals surface area contributed by atoms with Crippen LogP contribution in [0.4, 0.5) is 21.7 Å². The van der Waals surface area contributed by atoms with Crippen molar-refractivity contribution in [2.45, 2.75) is 19.4 Å². The zero-order valence-corrected chi connectivity index (χ0v) is 22.4. The Balaban J connectivity index is 1.17. The normalized spacial score (nSPS) is 19.7. The number of aromatic nitrogens is 2. The van der Waals surface area contributed by atoms with E-state index in [-0.39, 0.29) is 28.2 Å². The maximum atomic E-state index is 15.4. The third-order valence-corrected chi connectivity index (χ3v) is 7.99. The molecule has 0 saturated carbocycles. The van der Waals surface area contributed by atoms with E-state index in [9.17, 15) is 4.79 Å². The molecule has 6 rings (SSSR count). The van der Waals surface area contributed by atoms with Crippen LogP contribution in [0.5, 0.6) is 17.4 Å². The molecule has 9 nitrogen and oxygen atoms in total. The fraction of sp³-hybridized carbons (Fsp3) is 0.393. The molecule has 3 aromatic rings. The van der Waals surface area contributed by atoms with Crippen LogP contribution in [-0.2, 0) is 6.54 Å². The van der Waals surface area contributed by atoms with E-state index in [1.54, 1.807) is 30.1 Å². The van der Waals surface area contributed by atoms with Gasteiger partial charge in [-0.1, -0.05) is 23.7 Å². The molecule has 1 amide bonds. The number of ether oxygens (including phenoxy) is 2. The largest absolute Gasteiger partial charge is 0.494 e. The molecule has 204 valence electrons. The van der Waals surface area contributed by atoms with Gasteiger partial charge in [-0.2, -0.15) is 4.98 Å². The summed E-state index contributed by atoms with van der Waals surface area (Å²) in [5.74, 6) is 0.258. The van der Waals surface area contributed by atoms with Crippen molar-refractivity contribution < 1.29 is 22.8 Å². The van der Waals surface area contributed by atoms with Gasteiger partial charge < -0.3 is 29.5 Å². The van der Waals surface area contributed by atoms with Crippen LogP contribution in [-0.4, -0.2) is 73.0 Å². The van der Waals surface area contributed by atoms with Crippen LogP contribution in [0, 0.1) is 11.2 Å². The molecule has 2 aromatic carbocycles. The van der Waals surface area contributed by atoms with Gasteiger partial charge in [0.2, 0.25) is 11.8 Å². The minimum absolute atomic E-state index is 0.00913. The number of carbonyl (C=O) groups is 1. The van der Waals surface area contributed by atoms with Gasteiger partial charge in [-0.05, 0) is 44.5 Å². The Morgan fingerprint density at radius 3 is 2.74 bits per heavy atom. The monoisotopic (exact) mass is 555 g/mol. The number of hydrogen-bond donors (Lipinski definition) is 1. The van der Waals surface area contributed by atoms with E-state index in [2.05, 4.69) is 15.3 Å². The molecule has 1 spiro atoms. The molecule has 1 aromatic heterocycles. The number of nitrogens with zero attached hydrogens (tertiary/aromatic N) is 5. The van der Waals surface area contributed by atoms with Crippen LogP contribution in [0.2, 0.25) is 5.02 Å². The number of piperidine rings is 1. The number of likely N-dealkylation sites (tertiary alicyclic amines) is 1. The van der Waals surface area contributed by atoms with Crippen LogP contribution in [0.3, 0.4) is 0 Å². The third-order valence-electron chi connectivity index (χ3n) is 7.73. The van der Waals surface area contributed by atoms with Crippen LogP contribution >= 0.6 is 11.6 Å². The van der Waals surface area contributed by atoms with Crippen molar-refractivity contribution in [3.05, 3.63) is 58.5 Å². The molecule has 3 aliphatic heterocycles. The second kappa shape index (κ2) is 9.84. The Morgan fingerprint density at radius 1 is 1.21 bits per heavy atom. The summed E-state index contributed by atoms with van der Waals surface area (Å²) in [6.07, 6.45) is 2.88. The maximum Gasteiger partial charge on any atom is 0.258 e. The number of carbonyl (C=O) groups excluding carboxylic acids is 1. The number of anilines is 3. The summed E-state index contributed by atoms with van der Waals surface area (Å²) in [7, 11) is 3.21. The fourth-order valence-electron chi connectivity index (χ4n) is 5.54. The molecule has 11 heteroatoms. The van der Waals surface area contributed by atoms with Crippen molar-refractivity contribution in [3.63, 3.8) is 0 Å². The van der Waals surface area contributed by atoms with Crippen LogP contribution in [0.1, 0.15) is 32.9 Å². The Hall–Kier alpha value is -3.63. The van der Waals surface area contributed by atoms with E-state index >= 15 is 4.39 Å². The summed E-state index contributed by atoms with van der Waals surface area (Å²) < 4.78 is 49.8. The Labute approximate surface area is 235 Å². The third kappa shape index (κ3) is 4.72. The number of benzene rings is 2. The zero-order valence-electron chi connectivity index (χ0n) is 24.6. The summed E-state index contributed by atoms with van der Waals surface area (Å²) in [4.78, 5) is 26.3. The smallest absolute Gasteiger partial charge is 0.258 e. The van der Waals surface area contributed by atoms with E-state index in [1.807, 2.05) is 11.0 Å². The standard InChI is InChI=1S/C28H30ClFN6O3/c1-34-9-7-28(8-10-34)15-36(16-28)21-12-23(38-3)20(11-19(21)30)32-27-31-13-18(29)25(33-27)39-22-6-4-5-17-14-35(2)26(37)24(17)22/h4-6,11-13H,7-10,14-16H2,1-3H3,(H,31,32,33)/i1D3. The molecule has 0 radical (unpaired) electrons. The van der Waals surface area contributed by atoms with Crippen molar-refractivity contribution in [2.75, 3.05) is 57.5 Å². The van der Waals surface area contributed by atoms with Crippen molar-refractivity contribution >= 4 is 34.8 Å². The lowest BCUT2D eigenvalue weighted by molar-refractivity contribution is 0.0814. The highest BCUT2D eigenvalue weighted by molar-refractivity contribution is 6.31. The first kappa shape index (κ1) is 22.2. The predicted molar refractivity (Wildman–Crippen MR) is 147 cm³/mol. The van der Waals surface area contributed by atoms with Crippen molar-refractivity contribution in [1.82, 2.24) is 19.8 Å². The highest BCUT2D eigenvalue weighted by atomic mass is 35.5. The zero-order chi connectivity index (χ0) is 29.8. The molecule has 1 N–H and O–H groups in total. The van der Waals surface area contributed by atoms with E-state index in [1.165, 1.54) is 24.3 Å². The molecule has 4 heterocycles. The molecule has 0 unspecified atom stereocenters. The quantitative estimate of drug-likeness (QED) is 0.458. The highest BCUT2D eigenvalue weighted by Gasteiger charge is 2.45. The van der Waals surface area contributed by atoms with E-state index in [4.69, 9.17) is 25.2 Å². The van der Waals surface area contributed by atoms with Crippen LogP contribution in [0.15, 0.2) is 36.5 Å². The number of halogens is 2. The van der Waals surface area contributed by atoms with Gasteiger partial charge in [0.25, 0.3) is 5.91 Å². The second-order valence-electron chi connectivity index (χ2n) is 10.4. The number of nitrogens with one attached hydrogen (secondary N) is 1. The van der Waals surface area contributed by atoms with Crippen LogP contribution < -0.4 is 19.7 Å². The molecule has 2 fully saturated rings. The van der Waals surface area contributed by atoms with Crippen LogP contribution in [0.25, 0.3) is 0 Å². The van der Waals surface area contributed by atoms with Gasteiger partial charge in [0.05, 0.1) is 30.2 Å². The van der Waals surface area contributed by atoms with Crippen molar-refractivity contribution in [3.8, 4) is 17.4 Å². The minimum atomic E-state index is -2.08. The molecular formula is C28H30ClFN6O3. The minimum Gasteiger partial charge on any atom is -0.494 e. The van der Waals surface area contributed by atoms with Gasteiger partial charge >= 0.3 is 0 Å². The summed E-state index contributed by atoms with van der Waals surface area (Å²) in [6, 6.07) is 8.30. The van der Waals surface area contributed by atoms with Gasteiger partial charge in [-0.3, -0.25) is 4.79 Å². The Morgan fingerprint density at radius 2 is 2.00 bits per heavy atom. The molecule has 0 aliphatic carbocycles. The molecule has 3 aliphatic rings. The summed E-state index contributed by atoms with van der Waals surface area (Å²) in [5, 5.41) is 3.13. The summed E-state index contributed by atoms with van der Waals surface area (Å²) in [5.41, 5.74) is 2.02. The average molecular weight is 556 g/mol. The first-order valence-electron chi connectivity index (χ1n) is 14.2. The highest BCUT2D eigenvalue weighted by Crippen LogP contribution is 2.45. The first-order chi connectivity index (χ1) is 20.0. The van der Waals surface area contributed by atoms with Gasteiger partial charge in [0, 0.05) is 48.3 Å². The summed E-state index contributed by atoms with van der Waals surface area (Å²) >= 11 is 6.32. The number of amides is 1. The average Bonchev–Trinajstić information content (AvgIpc) is 3.23. The maximum absolute atomic E-state index is 15.4. The molecule has 39 heavy (non-hydrogen) atoms. The lowest BCUT2D eigenvalue weighted by Gasteiger charge is -2.54. The lowest BCUT2D eigenvalue weighted by atomic mass is 9.72. The van der Waals surface area contributed by atoms with E-state index < -0.39 is 12.8 Å². The summed E-state index contributed by atoms with van der Waals surface area (Å²) in [6.45, 7) is 0.719. The fourth-order valence-corrected chi connectivity index (χ4v) is 5.67. The number of methoxy groups -OCH3 is 1. The van der Waals surface area contributed by atoms with Crippen molar-refractivity contribution in [1.29, 1.82) is 0 Å². The van der Waals surface area contributed by atoms with E-state index in [0.717, 1.165) is 18.4 Å². The lowest BCUT2D eigenvalue weighted by Crippen LogP contribution is -2.60. The van der Waals surface area contributed by atoms with Gasteiger partial charge in [-0.25, -0.2) is 9.37 Å². The Kier molecular flexibility index (Phi) is 5.60. The topological polar surface area (TPSA) is 83.1 Å². The van der Waals surface area contributed by atoms with Crippen molar-refractivity contribution in [2.24, 2.45) is 5.41 Å². The Bertz CT molecular complexity index is 1540. The number of fused-ring (bicyclic) bond motifs is 1. The SMILES string of the molecule is [2H]C([2H])([2H])N1CCC2(CC1)CN(c1cc(OC)c(Nc3ncc(Cl)c(Oc4cccc5c4C(=O)N(C)C5)n3)cc1F)C2. The second-order valence-corrected chi connectivity index (χ2v) is 10.8. The molecular weight excluding hydrogens is 523 g/mol. The molecule has 0 atom stereocenters. The van der Waals surface area contributed by atoms with E-state index in [0.29, 0.717) is 61.2 Å². The number of hydrogen-bond acceptors (Lipinski definition) is 8. The first-order valence-corrected chi connectivity index (χ1v) is 13.1. The predicted octanol–water partition coefficient (Wildman–Crippen LogP) is 4.93. The molecule has 0 bridgehead atoms. The van der Waals surface area contributed by atoms with Gasteiger partial charge in [0.15, 0.2) is 0 Å². The van der Waals surface area contributed by atoms with Gasteiger partial charge in [0.1, 0.15) is 22.3 Å².